The highest BCUT2D eigenvalue weighted by atomic mass is 32.2. The SMILES string of the molecule is CCN(CC(N)=O)S(=O)(=O)c1ccc(C(C)NC)cc1. The Labute approximate surface area is 120 Å². The summed E-state index contributed by atoms with van der Waals surface area (Å²) in [6.07, 6.45) is 0. The van der Waals surface area contributed by atoms with Crippen molar-refractivity contribution in [3.05, 3.63) is 29.8 Å². The third kappa shape index (κ3) is 3.78. The van der Waals surface area contributed by atoms with Gasteiger partial charge in [0.15, 0.2) is 0 Å². The van der Waals surface area contributed by atoms with Gasteiger partial charge in [0.2, 0.25) is 15.9 Å². The summed E-state index contributed by atoms with van der Waals surface area (Å²) < 4.78 is 25.8. The third-order valence-electron chi connectivity index (χ3n) is 3.14. The number of primary amides is 1. The van der Waals surface area contributed by atoms with Crippen LogP contribution in [0.1, 0.15) is 25.5 Å². The third-order valence-corrected chi connectivity index (χ3v) is 5.07. The molecule has 0 saturated heterocycles. The first-order valence-corrected chi connectivity index (χ1v) is 7.82. The van der Waals surface area contributed by atoms with Crippen LogP contribution in [0.3, 0.4) is 0 Å². The Morgan fingerprint density at radius 3 is 2.30 bits per heavy atom. The molecule has 1 atom stereocenters. The summed E-state index contributed by atoms with van der Waals surface area (Å²) in [5.41, 5.74) is 6.06. The van der Waals surface area contributed by atoms with Gasteiger partial charge in [0.1, 0.15) is 0 Å². The minimum Gasteiger partial charge on any atom is -0.369 e. The number of carbonyl (C=O) groups is 1. The Kier molecular flexibility index (Phi) is 5.67. The number of likely N-dealkylation sites (N-methyl/N-ethyl adjacent to an activating group) is 1. The topological polar surface area (TPSA) is 92.5 Å². The number of amides is 1. The number of nitrogens with zero attached hydrogens (tertiary/aromatic N) is 1. The van der Waals surface area contributed by atoms with Crippen LogP contribution < -0.4 is 11.1 Å². The molecule has 0 spiro atoms. The number of hydrogen-bond acceptors (Lipinski definition) is 4. The zero-order valence-electron chi connectivity index (χ0n) is 12.0. The second kappa shape index (κ2) is 6.83. The Morgan fingerprint density at radius 2 is 1.90 bits per heavy atom. The number of sulfonamides is 1. The highest BCUT2D eigenvalue weighted by Crippen LogP contribution is 2.19. The number of hydrogen-bond donors (Lipinski definition) is 2. The molecular formula is C13H21N3O3S. The fourth-order valence-corrected chi connectivity index (χ4v) is 3.20. The number of carbonyl (C=O) groups excluding carboxylic acids is 1. The normalized spacial score (nSPS) is 13.4. The molecule has 1 rings (SSSR count). The minimum atomic E-state index is -3.68. The Bertz CT molecular complexity index is 555. The van der Waals surface area contributed by atoms with Gasteiger partial charge in [-0.2, -0.15) is 4.31 Å². The lowest BCUT2D eigenvalue weighted by Crippen LogP contribution is -2.38. The zero-order valence-corrected chi connectivity index (χ0v) is 12.8. The second-order valence-electron chi connectivity index (χ2n) is 4.48. The van der Waals surface area contributed by atoms with Gasteiger partial charge in [0, 0.05) is 12.6 Å². The summed E-state index contributed by atoms with van der Waals surface area (Å²) in [5.74, 6) is -0.671. The summed E-state index contributed by atoms with van der Waals surface area (Å²) in [4.78, 5) is 11.1. The lowest BCUT2D eigenvalue weighted by Gasteiger charge is -2.19. The predicted molar refractivity (Wildman–Crippen MR) is 77.5 cm³/mol. The summed E-state index contributed by atoms with van der Waals surface area (Å²) >= 11 is 0. The van der Waals surface area contributed by atoms with Crippen molar-refractivity contribution in [3.63, 3.8) is 0 Å². The Balaban J connectivity index is 3.06. The molecule has 1 aromatic carbocycles. The molecule has 112 valence electrons. The van der Waals surface area contributed by atoms with Crippen molar-refractivity contribution in [2.75, 3.05) is 20.1 Å². The number of benzene rings is 1. The lowest BCUT2D eigenvalue weighted by molar-refractivity contribution is -0.118. The van der Waals surface area contributed by atoms with E-state index in [1.54, 1.807) is 31.2 Å². The van der Waals surface area contributed by atoms with Crippen LogP contribution in [0.5, 0.6) is 0 Å². The molecule has 20 heavy (non-hydrogen) atoms. The summed E-state index contributed by atoms with van der Waals surface area (Å²) in [5, 5.41) is 3.08. The number of nitrogens with one attached hydrogen (secondary N) is 1. The fourth-order valence-electron chi connectivity index (χ4n) is 1.78. The van der Waals surface area contributed by atoms with Gasteiger partial charge >= 0.3 is 0 Å². The molecule has 1 aromatic rings. The first kappa shape index (κ1) is 16.6. The van der Waals surface area contributed by atoms with E-state index >= 15 is 0 Å². The van der Waals surface area contributed by atoms with Crippen molar-refractivity contribution in [2.45, 2.75) is 24.8 Å². The molecule has 1 amide bonds. The Hall–Kier alpha value is -1.44. The minimum absolute atomic E-state index is 0.139. The van der Waals surface area contributed by atoms with Gasteiger partial charge in [0.25, 0.3) is 0 Å². The van der Waals surface area contributed by atoms with Crippen molar-refractivity contribution in [1.29, 1.82) is 0 Å². The van der Waals surface area contributed by atoms with Crippen molar-refractivity contribution in [1.82, 2.24) is 9.62 Å². The van der Waals surface area contributed by atoms with E-state index in [4.69, 9.17) is 5.73 Å². The second-order valence-corrected chi connectivity index (χ2v) is 6.41. The fraction of sp³-hybridized carbons (Fsp3) is 0.462. The highest BCUT2D eigenvalue weighted by Gasteiger charge is 2.24. The van der Waals surface area contributed by atoms with Gasteiger partial charge in [-0.15, -0.1) is 0 Å². The van der Waals surface area contributed by atoms with E-state index in [-0.39, 0.29) is 24.0 Å². The van der Waals surface area contributed by atoms with Gasteiger partial charge in [-0.05, 0) is 31.7 Å². The van der Waals surface area contributed by atoms with Crippen LogP contribution in [-0.4, -0.2) is 38.8 Å². The molecule has 0 aromatic heterocycles. The monoisotopic (exact) mass is 299 g/mol. The van der Waals surface area contributed by atoms with Crippen molar-refractivity contribution in [2.24, 2.45) is 5.73 Å². The van der Waals surface area contributed by atoms with Crippen LogP contribution >= 0.6 is 0 Å². The van der Waals surface area contributed by atoms with Gasteiger partial charge in [-0.1, -0.05) is 19.1 Å². The maximum absolute atomic E-state index is 12.4. The summed E-state index contributed by atoms with van der Waals surface area (Å²) in [7, 11) is -1.85. The Morgan fingerprint density at radius 1 is 1.35 bits per heavy atom. The lowest BCUT2D eigenvalue weighted by atomic mass is 10.1. The van der Waals surface area contributed by atoms with E-state index in [2.05, 4.69) is 5.32 Å². The van der Waals surface area contributed by atoms with Gasteiger partial charge < -0.3 is 11.1 Å². The summed E-state index contributed by atoms with van der Waals surface area (Å²) in [6, 6.07) is 6.74. The average Bonchev–Trinajstić information content (AvgIpc) is 2.43. The van der Waals surface area contributed by atoms with Crippen molar-refractivity contribution < 1.29 is 13.2 Å². The van der Waals surface area contributed by atoms with E-state index in [1.165, 1.54) is 0 Å². The van der Waals surface area contributed by atoms with Crippen LogP contribution in [-0.2, 0) is 14.8 Å². The molecule has 1 unspecified atom stereocenters. The van der Waals surface area contributed by atoms with E-state index in [0.29, 0.717) is 0 Å². The molecule has 0 bridgehead atoms. The van der Waals surface area contributed by atoms with Gasteiger partial charge in [-0.25, -0.2) is 8.42 Å². The van der Waals surface area contributed by atoms with Crippen LogP contribution in [0.25, 0.3) is 0 Å². The largest absolute Gasteiger partial charge is 0.369 e. The number of rotatable bonds is 7. The maximum Gasteiger partial charge on any atom is 0.243 e. The molecule has 7 heteroatoms. The van der Waals surface area contributed by atoms with E-state index in [9.17, 15) is 13.2 Å². The highest BCUT2D eigenvalue weighted by molar-refractivity contribution is 7.89. The molecule has 0 fully saturated rings. The zero-order chi connectivity index (χ0) is 15.3. The molecule has 0 heterocycles. The molecule has 0 radical (unpaired) electrons. The molecule has 0 aliphatic heterocycles. The van der Waals surface area contributed by atoms with Crippen LogP contribution in [0.4, 0.5) is 0 Å². The molecule has 0 saturated carbocycles. The molecular weight excluding hydrogens is 278 g/mol. The van der Waals surface area contributed by atoms with E-state index in [0.717, 1.165) is 9.87 Å². The predicted octanol–water partition coefficient (Wildman–Crippen LogP) is 0.463. The first-order chi connectivity index (χ1) is 9.32. The van der Waals surface area contributed by atoms with Crippen LogP contribution in [0.15, 0.2) is 29.2 Å². The quantitative estimate of drug-likeness (QED) is 0.765. The van der Waals surface area contributed by atoms with Gasteiger partial charge in [-0.3, -0.25) is 4.79 Å². The van der Waals surface area contributed by atoms with Crippen molar-refractivity contribution >= 4 is 15.9 Å². The standard InChI is InChI=1S/C13H21N3O3S/c1-4-16(9-13(14)17)20(18,19)12-7-5-11(6-8-12)10(2)15-3/h5-8,10,15H,4,9H2,1-3H3,(H2,14,17). The molecule has 0 aliphatic rings. The smallest absolute Gasteiger partial charge is 0.243 e. The molecule has 6 nitrogen and oxygen atoms in total. The number of nitrogens with two attached hydrogens (primary N) is 1. The average molecular weight is 299 g/mol. The summed E-state index contributed by atoms with van der Waals surface area (Å²) in [6.45, 7) is 3.53. The first-order valence-electron chi connectivity index (χ1n) is 6.38. The van der Waals surface area contributed by atoms with Crippen molar-refractivity contribution in [3.8, 4) is 0 Å². The molecule has 0 aliphatic carbocycles. The van der Waals surface area contributed by atoms with E-state index < -0.39 is 15.9 Å². The van der Waals surface area contributed by atoms with Crippen LogP contribution in [0.2, 0.25) is 0 Å². The maximum atomic E-state index is 12.4. The van der Waals surface area contributed by atoms with E-state index in [1.807, 2.05) is 14.0 Å². The van der Waals surface area contributed by atoms with Crippen LogP contribution in [0, 0.1) is 0 Å². The van der Waals surface area contributed by atoms with Gasteiger partial charge in [0.05, 0.1) is 11.4 Å². The molecule has 3 N–H and O–H groups in total.